The van der Waals surface area contributed by atoms with E-state index >= 15 is 0 Å². The Morgan fingerprint density at radius 1 is 1.12 bits per heavy atom. The Morgan fingerprint density at radius 3 is 2.54 bits per heavy atom. The fourth-order valence-electron chi connectivity index (χ4n) is 2.90. The Morgan fingerprint density at radius 2 is 1.85 bits per heavy atom. The Bertz CT molecular complexity index is 785. The molecule has 2 aromatic rings. The first-order chi connectivity index (χ1) is 12.4. The van der Waals surface area contributed by atoms with Crippen molar-refractivity contribution < 1.29 is 18.0 Å². The smallest absolute Gasteiger partial charge is 0.354 e. The second-order valence-corrected chi connectivity index (χ2v) is 6.81. The van der Waals surface area contributed by atoms with Gasteiger partial charge in [0.15, 0.2) is 0 Å². The third kappa shape index (κ3) is 4.14. The van der Waals surface area contributed by atoms with Gasteiger partial charge in [-0.1, -0.05) is 0 Å². The van der Waals surface area contributed by atoms with Crippen molar-refractivity contribution in [2.24, 2.45) is 0 Å². The van der Waals surface area contributed by atoms with Crippen LogP contribution in [0.2, 0.25) is 0 Å². The maximum Gasteiger partial charge on any atom is 0.419 e. The van der Waals surface area contributed by atoms with Crippen LogP contribution in [0.3, 0.4) is 0 Å². The van der Waals surface area contributed by atoms with E-state index in [1.165, 1.54) is 6.20 Å². The molecule has 0 bridgehead atoms. The fraction of sp³-hybridized carbons (Fsp3) is 0.353. The summed E-state index contributed by atoms with van der Waals surface area (Å²) in [5.41, 5.74) is -0.257. The van der Waals surface area contributed by atoms with Crippen LogP contribution in [0.5, 0.6) is 0 Å². The second-order valence-electron chi connectivity index (χ2n) is 5.89. The topological polar surface area (TPSA) is 49.3 Å². The number of amides is 1. The lowest BCUT2D eigenvalue weighted by atomic mass is 10.2. The lowest BCUT2D eigenvalue weighted by molar-refractivity contribution is -0.137. The number of rotatable bonds is 2. The lowest BCUT2D eigenvalue weighted by Gasteiger charge is -2.25. The predicted molar refractivity (Wildman–Crippen MR) is 93.9 cm³/mol. The number of anilines is 1. The summed E-state index contributed by atoms with van der Waals surface area (Å²) in [4.78, 5) is 23.7. The molecule has 0 aliphatic carbocycles. The van der Waals surface area contributed by atoms with E-state index in [1.807, 2.05) is 0 Å². The van der Waals surface area contributed by atoms with Crippen molar-refractivity contribution in [2.45, 2.75) is 12.6 Å². The van der Waals surface area contributed by atoms with Gasteiger partial charge in [0.25, 0.3) is 5.91 Å². The van der Waals surface area contributed by atoms with Crippen LogP contribution in [0.15, 0.2) is 41.3 Å². The molecule has 1 aliphatic rings. The van der Waals surface area contributed by atoms with Gasteiger partial charge < -0.3 is 9.80 Å². The van der Waals surface area contributed by atoms with Crippen molar-refractivity contribution in [2.75, 3.05) is 31.1 Å². The molecule has 1 fully saturated rings. The van der Waals surface area contributed by atoms with Crippen molar-refractivity contribution in [3.8, 4) is 0 Å². The summed E-state index contributed by atoms with van der Waals surface area (Å²) in [5.74, 6) is -0.243. The molecule has 2 aromatic heterocycles. The zero-order chi connectivity index (χ0) is 18.7. The summed E-state index contributed by atoms with van der Waals surface area (Å²) < 4.78 is 40.3. The lowest BCUT2D eigenvalue weighted by Crippen LogP contribution is -2.36. The Kier molecular flexibility index (Phi) is 5.45. The van der Waals surface area contributed by atoms with Crippen LogP contribution in [-0.4, -0.2) is 47.0 Å². The Balaban J connectivity index is 1.78. The highest BCUT2D eigenvalue weighted by atomic mass is 79.9. The maximum atomic E-state index is 13.4. The summed E-state index contributed by atoms with van der Waals surface area (Å²) >= 11 is 3.04. The van der Waals surface area contributed by atoms with Crippen LogP contribution in [0, 0.1) is 0 Å². The molecular weight excluding hydrogens is 413 g/mol. The summed E-state index contributed by atoms with van der Waals surface area (Å²) in [6.07, 6.45) is 0.504. The minimum absolute atomic E-state index is 0.0982. The van der Waals surface area contributed by atoms with Crippen LogP contribution >= 0.6 is 15.9 Å². The molecule has 5 nitrogen and oxygen atoms in total. The summed E-state index contributed by atoms with van der Waals surface area (Å²) in [7, 11) is 0. The standard InChI is InChI=1S/C17H16BrF3N4O/c18-13-10-14(17(19,20)21)15(23-11-13)24-6-1-7-25(9-8-24)16(26)12-2-4-22-5-3-12/h2-5,10-11H,1,6-9H2. The van der Waals surface area contributed by atoms with Gasteiger partial charge >= 0.3 is 6.18 Å². The van der Waals surface area contributed by atoms with Crippen molar-refractivity contribution >= 4 is 27.7 Å². The molecular formula is C17H16BrF3N4O. The van der Waals surface area contributed by atoms with Crippen molar-refractivity contribution in [1.29, 1.82) is 0 Å². The number of aromatic nitrogens is 2. The number of carbonyl (C=O) groups is 1. The molecule has 0 atom stereocenters. The zero-order valence-corrected chi connectivity index (χ0v) is 15.3. The van der Waals surface area contributed by atoms with Gasteiger partial charge in [-0.25, -0.2) is 4.98 Å². The highest BCUT2D eigenvalue weighted by Crippen LogP contribution is 2.37. The van der Waals surface area contributed by atoms with E-state index in [1.54, 1.807) is 34.3 Å². The SMILES string of the molecule is O=C(c1ccncc1)N1CCCN(c2ncc(Br)cc2C(F)(F)F)CC1. The Labute approximate surface area is 157 Å². The maximum absolute atomic E-state index is 13.4. The number of carbonyl (C=O) groups excluding carboxylic acids is 1. The first-order valence-electron chi connectivity index (χ1n) is 8.03. The molecule has 1 amide bonds. The number of hydrogen-bond acceptors (Lipinski definition) is 4. The van der Waals surface area contributed by atoms with Crippen LogP contribution < -0.4 is 4.90 Å². The molecule has 26 heavy (non-hydrogen) atoms. The molecule has 0 spiro atoms. The normalized spacial score (nSPS) is 15.7. The minimum Gasteiger partial charge on any atom is -0.354 e. The first-order valence-corrected chi connectivity index (χ1v) is 8.82. The predicted octanol–water partition coefficient (Wildman–Crippen LogP) is 3.61. The fourth-order valence-corrected chi connectivity index (χ4v) is 3.23. The van der Waals surface area contributed by atoms with Gasteiger partial charge in [-0.3, -0.25) is 9.78 Å². The average Bonchev–Trinajstić information content (AvgIpc) is 2.87. The number of alkyl halides is 3. The Hall–Kier alpha value is -2.16. The van der Waals surface area contributed by atoms with Gasteiger partial charge in [-0.2, -0.15) is 13.2 Å². The van der Waals surface area contributed by atoms with Crippen LogP contribution in [0.1, 0.15) is 22.3 Å². The van der Waals surface area contributed by atoms with E-state index in [2.05, 4.69) is 25.9 Å². The molecule has 1 saturated heterocycles. The number of nitrogens with zero attached hydrogens (tertiary/aromatic N) is 4. The van der Waals surface area contributed by atoms with Gasteiger partial charge in [-0.15, -0.1) is 0 Å². The van der Waals surface area contributed by atoms with E-state index in [0.29, 0.717) is 31.6 Å². The zero-order valence-electron chi connectivity index (χ0n) is 13.7. The molecule has 1 aliphatic heterocycles. The molecule has 9 heteroatoms. The molecule has 3 heterocycles. The summed E-state index contributed by atoms with van der Waals surface area (Å²) in [5, 5.41) is 0. The monoisotopic (exact) mass is 428 g/mol. The van der Waals surface area contributed by atoms with Gasteiger partial charge in [0.1, 0.15) is 5.82 Å². The highest BCUT2D eigenvalue weighted by Gasteiger charge is 2.36. The number of hydrogen-bond donors (Lipinski definition) is 0. The third-order valence-electron chi connectivity index (χ3n) is 4.15. The van der Waals surface area contributed by atoms with Gasteiger partial charge in [-0.05, 0) is 40.5 Å². The van der Waals surface area contributed by atoms with E-state index in [9.17, 15) is 18.0 Å². The molecule has 0 saturated carbocycles. The molecule has 3 rings (SSSR count). The molecule has 0 N–H and O–H groups in total. The minimum atomic E-state index is -4.50. The number of halogens is 4. The van der Waals surface area contributed by atoms with E-state index < -0.39 is 11.7 Å². The van der Waals surface area contributed by atoms with Gasteiger partial charge in [0.2, 0.25) is 0 Å². The summed E-state index contributed by atoms with van der Waals surface area (Å²) in [6.45, 7) is 1.50. The quantitative estimate of drug-likeness (QED) is 0.732. The van der Waals surface area contributed by atoms with E-state index in [0.717, 1.165) is 6.07 Å². The van der Waals surface area contributed by atoms with Gasteiger partial charge in [0, 0.05) is 54.8 Å². The first kappa shape index (κ1) is 18.6. The molecule has 0 radical (unpaired) electrons. The molecule has 0 unspecified atom stereocenters. The van der Waals surface area contributed by atoms with Crippen LogP contribution in [0.25, 0.3) is 0 Å². The second kappa shape index (κ2) is 7.61. The molecule has 138 valence electrons. The highest BCUT2D eigenvalue weighted by molar-refractivity contribution is 9.10. The van der Waals surface area contributed by atoms with E-state index in [4.69, 9.17) is 0 Å². The average molecular weight is 429 g/mol. The van der Waals surface area contributed by atoms with Crippen molar-refractivity contribution in [1.82, 2.24) is 14.9 Å². The molecule has 0 aromatic carbocycles. The number of pyridine rings is 2. The largest absolute Gasteiger partial charge is 0.419 e. The van der Waals surface area contributed by atoms with Crippen LogP contribution in [-0.2, 0) is 6.18 Å². The van der Waals surface area contributed by atoms with Crippen molar-refractivity contribution in [3.05, 3.63) is 52.4 Å². The summed E-state index contributed by atoms with van der Waals surface area (Å²) in [6, 6.07) is 4.29. The van der Waals surface area contributed by atoms with Crippen molar-refractivity contribution in [3.63, 3.8) is 0 Å². The third-order valence-corrected chi connectivity index (χ3v) is 4.58. The van der Waals surface area contributed by atoms with Gasteiger partial charge in [0.05, 0.1) is 5.56 Å². The van der Waals surface area contributed by atoms with Crippen LogP contribution in [0.4, 0.5) is 19.0 Å². The van der Waals surface area contributed by atoms with E-state index in [-0.39, 0.29) is 22.7 Å².